The van der Waals surface area contributed by atoms with E-state index in [-0.39, 0.29) is 11.8 Å². The molecule has 1 aliphatic rings. The van der Waals surface area contributed by atoms with Crippen LogP contribution in [0.15, 0.2) is 18.2 Å². The Hall–Kier alpha value is -1.35. The van der Waals surface area contributed by atoms with Crippen LogP contribution in [0.3, 0.4) is 0 Å². The monoisotopic (exact) mass is 246 g/mol. The number of rotatable bonds is 5. The molecule has 0 heterocycles. The van der Waals surface area contributed by atoms with Gasteiger partial charge in [-0.05, 0) is 42.4 Å². The predicted molar refractivity (Wildman–Crippen MR) is 73.1 cm³/mol. The number of nitrogens with one attached hydrogen (secondary N) is 1. The Morgan fingerprint density at radius 1 is 1.39 bits per heavy atom. The van der Waals surface area contributed by atoms with Crippen LogP contribution < -0.4 is 11.1 Å². The SMILES string of the molecule is CCC(CN)C(=O)NCc1ccc2c(c1)CCC2. The van der Waals surface area contributed by atoms with Crippen molar-refractivity contribution in [3.8, 4) is 0 Å². The molecule has 0 spiro atoms. The number of nitrogens with two attached hydrogens (primary N) is 1. The van der Waals surface area contributed by atoms with Crippen molar-refractivity contribution < 1.29 is 4.79 Å². The highest BCUT2D eigenvalue weighted by atomic mass is 16.1. The summed E-state index contributed by atoms with van der Waals surface area (Å²) in [4.78, 5) is 11.8. The average molecular weight is 246 g/mol. The Morgan fingerprint density at radius 2 is 2.17 bits per heavy atom. The standard InChI is InChI=1S/C15H22N2O/c1-2-12(9-16)15(18)17-10-11-6-7-13-4-3-5-14(13)8-11/h6-8,12H,2-5,9-10,16H2,1H3,(H,17,18). The van der Waals surface area contributed by atoms with Crippen LogP contribution in [0.2, 0.25) is 0 Å². The predicted octanol–water partition coefficient (Wildman–Crippen LogP) is 1.78. The van der Waals surface area contributed by atoms with Crippen molar-refractivity contribution in [3.63, 3.8) is 0 Å². The number of hydrogen-bond donors (Lipinski definition) is 2. The summed E-state index contributed by atoms with van der Waals surface area (Å²) in [5.41, 5.74) is 9.68. The molecular weight excluding hydrogens is 224 g/mol. The second-order valence-corrected chi connectivity index (χ2v) is 5.02. The van der Waals surface area contributed by atoms with Crippen molar-refractivity contribution in [1.29, 1.82) is 0 Å². The highest BCUT2D eigenvalue weighted by Crippen LogP contribution is 2.22. The van der Waals surface area contributed by atoms with E-state index in [1.54, 1.807) is 0 Å². The fraction of sp³-hybridized carbons (Fsp3) is 0.533. The van der Waals surface area contributed by atoms with Crippen LogP contribution in [-0.2, 0) is 24.2 Å². The van der Waals surface area contributed by atoms with Gasteiger partial charge in [-0.3, -0.25) is 4.79 Å². The molecule has 3 heteroatoms. The van der Waals surface area contributed by atoms with Crippen LogP contribution in [0.4, 0.5) is 0 Å². The second kappa shape index (κ2) is 6.01. The van der Waals surface area contributed by atoms with Crippen LogP contribution >= 0.6 is 0 Å². The summed E-state index contributed by atoms with van der Waals surface area (Å²) in [5, 5.41) is 2.97. The van der Waals surface area contributed by atoms with E-state index in [9.17, 15) is 4.79 Å². The van der Waals surface area contributed by atoms with Gasteiger partial charge in [-0.1, -0.05) is 25.1 Å². The van der Waals surface area contributed by atoms with Gasteiger partial charge in [-0.25, -0.2) is 0 Å². The Labute approximate surface area is 109 Å². The van der Waals surface area contributed by atoms with Crippen LogP contribution in [0.5, 0.6) is 0 Å². The van der Waals surface area contributed by atoms with Crippen LogP contribution in [0.1, 0.15) is 36.5 Å². The fourth-order valence-corrected chi connectivity index (χ4v) is 2.53. The lowest BCUT2D eigenvalue weighted by Crippen LogP contribution is -2.34. The third-order valence-electron chi connectivity index (χ3n) is 3.78. The first-order chi connectivity index (χ1) is 8.74. The first-order valence-electron chi connectivity index (χ1n) is 6.83. The lowest BCUT2D eigenvalue weighted by molar-refractivity contribution is -0.124. The molecule has 1 amide bonds. The summed E-state index contributed by atoms with van der Waals surface area (Å²) in [5.74, 6) is 0.0138. The zero-order valence-electron chi connectivity index (χ0n) is 11.0. The third-order valence-corrected chi connectivity index (χ3v) is 3.78. The number of aryl methyl sites for hydroxylation is 2. The summed E-state index contributed by atoms with van der Waals surface area (Å²) in [6.07, 6.45) is 4.44. The molecule has 2 rings (SSSR count). The Balaban J connectivity index is 1.92. The molecule has 98 valence electrons. The minimum Gasteiger partial charge on any atom is -0.352 e. The number of fused-ring (bicyclic) bond motifs is 1. The van der Waals surface area contributed by atoms with E-state index in [1.165, 1.54) is 36.0 Å². The molecule has 1 aromatic rings. The normalized spacial score (nSPS) is 15.2. The highest BCUT2D eigenvalue weighted by Gasteiger charge is 2.14. The molecule has 0 bridgehead atoms. The molecule has 1 aromatic carbocycles. The van der Waals surface area contributed by atoms with Crippen molar-refractivity contribution >= 4 is 5.91 Å². The van der Waals surface area contributed by atoms with E-state index in [0.717, 1.165) is 6.42 Å². The van der Waals surface area contributed by atoms with Gasteiger partial charge in [0.15, 0.2) is 0 Å². The van der Waals surface area contributed by atoms with Crippen molar-refractivity contribution in [1.82, 2.24) is 5.32 Å². The number of amides is 1. The minimum atomic E-state index is -0.0561. The Bertz CT molecular complexity index is 425. The van der Waals surface area contributed by atoms with Crippen LogP contribution in [-0.4, -0.2) is 12.5 Å². The number of benzene rings is 1. The van der Waals surface area contributed by atoms with Gasteiger partial charge in [-0.15, -0.1) is 0 Å². The molecule has 1 atom stereocenters. The first-order valence-corrected chi connectivity index (χ1v) is 6.83. The highest BCUT2D eigenvalue weighted by molar-refractivity contribution is 5.78. The van der Waals surface area contributed by atoms with E-state index in [4.69, 9.17) is 5.73 Å². The number of carbonyl (C=O) groups excluding carboxylic acids is 1. The van der Waals surface area contributed by atoms with Crippen LogP contribution in [0, 0.1) is 5.92 Å². The number of hydrogen-bond acceptors (Lipinski definition) is 2. The van der Waals surface area contributed by atoms with Gasteiger partial charge in [0.2, 0.25) is 5.91 Å². The Kier molecular flexibility index (Phi) is 4.37. The average Bonchev–Trinajstić information content (AvgIpc) is 2.85. The minimum absolute atomic E-state index is 0.0561. The molecular formula is C15H22N2O. The first kappa shape index (κ1) is 13.1. The molecule has 18 heavy (non-hydrogen) atoms. The van der Waals surface area contributed by atoms with Gasteiger partial charge in [0.05, 0.1) is 0 Å². The molecule has 1 aliphatic carbocycles. The molecule has 0 saturated carbocycles. The lowest BCUT2D eigenvalue weighted by Gasteiger charge is -2.13. The smallest absolute Gasteiger partial charge is 0.224 e. The van der Waals surface area contributed by atoms with Gasteiger partial charge in [0, 0.05) is 19.0 Å². The maximum Gasteiger partial charge on any atom is 0.224 e. The van der Waals surface area contributed by atoms with E-state index in [1.807, 2.05) is 6.92 Å². The van der Waals surface area contributed by atoms with Gasteiger partial charge >= 0.3 is 0 Å². The lowest BCUT2D eigenvalue weighted by atomic mass is 10.0. The summed E-state index contributed by atoms with van der Waals surface area (Å²) < 4.78 is 0. The molecule has 3 N–H and O–H groups in total. The fourth-order valence-electron chi connectivity index (χ4n) is 2.53. The van der Waals surface area contributed by atoms with Gasteiger partial charge < -0.3 is 11.1 Å². The van der Waals surface area contributed by atoms with Crippen molar-refractivity contribution in [2.24, 2.45) is 11.7 Å². The zero-order valence-corrected chi connectivity index (χ0v) is 11.0. The zero-order chi connectivity index (χ0) is 13.0. The summed E-state index contributed by atoms with van der Waals surface area (Å²) >= 11 is 0. The maximum atomic E-state index is 11.8. The topological polar surface area (TPSA) is 55.1 Å². The maximum absolute atomic E-state index is 11.8. The molecule has 0 radical (unpaired) electrons. The van der Waals surface area contributed by atoms with Crippen molar-refractivity contribution in [3.05, 3.63) is 34.9 Å². The molecule has 1 unspecified atom stereocenters. The molecule has 3 nitrogen and oxygen atoms in total. The van der Waals surface area contributed by atoms with E-state index >= 15 is 0 Å². The molecule has 0 fully saturated rings. The van der Waals surface area contributed by atoms with Crippen LogP contribution in [0.25, 0.3) is 0 Å². The summed E-state index contributed by atoms with van der Waals surface area (Å²) in [6, 6.07) is 6.55. The quantitative estimate of drug-likeness (QED) is 0.832. The van der Waals surface area contributed by atoms with Gasteiger partial charge in [0.1, 0.15) is 0 Å². The second-order valence-electron chi connectivity index (χ2n) is 5.02. The van der Waals surface area contributed by atoms with Gasteiger partial charge in [-0.2, -0.15) is 0 Å². The number of carbonyl (C=O) groups is 1. The summed E-state index contributed by atoms with van der Waals surface area (Å²) in [6.45, 7) is 3.03. The molecule has 0 saturated heterocycles. The summed E-state index contributed by atoms with van der Waals surface area (Å²) in [7, 11) is 0. The van der Waals surface area contributed by atoms with Gasteiger partial charge in [0.25, 0.3) is 0 Å². The Morgan fingerprint density at radius 3 is 2.89 bits per heavy atom. The van der Waals surface area contributed by atoms with Crippen molar-refractivity contribution in [2.75, 3.05) is 6.54 Å². The largest absolute Gasteiger partial charge is 0.352 e. The van der Waals surface area contributed by atoms with E-state index < -0.39 is 0 Å². The third kappa shape index (κ3) is 2.91. The van der Waals surface area contributed by atoms with E-state index in [2.05, 4.69) is 23.5 Å². The van der Waals surface area contributed by atoms with E-state index in [0.29, 0.717) is 13.1 Å². The van der Waals surface area contributed by atoms with Crippen molar-refractivity contribution in [2.45, 2.75) is 39.2 Å². The molecule has 0 aromatic heterocycles. The molecule has 0 aliphatic heterocycles.